The van der Waals surface area contributed by atoms with Gasteiger partial charge in [-0.3, -0.25) is 0 Å². The zero-order valence-electron chi connectivity index (χ0n) is 2.43. The van der Waals surface area contributed by atoms with Crippen molar-refractivity contribution in [2.24, 2.45) is 0 Å². The fraction of sp³-hybridized carbons (Fsp3) is 0. The predicted molar refractivity (Wildman–Crippen MR) is 22.0 cm³/mol. The van der Waals surface area contributed by atoms with Crippen molar-refractivity contribution in [2.45, 2.75) is 0 Å². The smallest absolute Gasteiger partial charge is 0.147 e. The van der Waals surface area contributed by atoms with Gasteiger partial charge in [-0.2, -0.15) is 5.26 Å². The standard InChI is InChI=1S/C3HNS/c1-2-5-3-4/h1H. The molecule has 0 rings (SSSR count). The number of thiocyanates is 1. The molecule has 0 aromatic carbocycles. The monoisotopic (exact) mass is 83.0 g/mol. The molecule has 0 saturated carbocycles. The average molecular weight is 83.1 g/mol. The van der Waals surface area contributed by atoms with E-state index in [0.717, 1.165) is 11.8 Å². The molecule has 0 aliphatic heterocycles. The van der Waals surface area contributed by atoms with E-state index in [9.17, 15) is 0 Å². The van der Waals surface area contributed by atoms with E-state index in [2.05, 4.69) is 11.7 Å². The lowest BCUT2D eigenvalue weighted by Crippen LogP contribution is -1.29. The van der Waals surface area contributed by atoms with Crippen LogP contribution in [0.2, 0.25) is 0 Å². The van der Waals surface area contributed by atoms with Crippen LogP contribution in [-0.2, 0) is 0 Å². The summed E-state index contributed by atoms with van der Waals surface area (Å²) in [5.74, 6) is 0. The summed E-state index contributed by atoms with van der Waals surface area (Å²) in [6, 6.07) is 0. The van der Waals surface area contributed by atoms with Gasteiger partial charge in [-0.25, -0.2) is 0 Å². The summed E-state index contributed by atoms with van der Waals surface area (Å²) in [4.78, 5) is 0. The minimum Gasteiger partial charge on any atom is -0.184 e. The van der Waals surface area contributed by atoms with Crippen LogP contribution in [0.15, 0.2) is 0 Å². The Morgan fingerprint density at radius 3 is 2.40 bits per heavy atom. The fourth-order valence-corrected chi connectivity index (χ4v) is 0.0791. The Morgan fingerprint density at radius 2 is 2.40 bits per heavy atom. The van der Waals surface area contributed by atoms with E-state index >= 15 is 0 Å². The molecule has 1 nitrogen and oxygen atoms in total. The van der Waals surface area contributed by atoms with Crippen molar-refractivity contribution in [1.82, 2.24) is 0 Å². The summed E-state index contributed by atoms with van der Waals surface area (Å²) in [7, 11) is 0. The molecule has 0 radical (unpaired) electrons. The van der Waals surface area contributed by atoms with Crippen LogP contribution in [-0.4, -0.2) is 0 Å². The second-order valence-electron chi connectivity index (χ2n) is 0.311. The van der Waals surface area contributed by atoms with Gasteiger partial charge in [-0.1, -0.05) is 0 Å². The molecule has 0 atom stereocenters. The van der Waals surface area contributed by atoms with Crippen LogP contribution in [0, 0.1) is 22.3 Å². The van der Waals surface area contributed by atoms with Gasteiger partial charge in [0.25, 0.3) is 0 Å². The lowest BCUT2D eigenvalue weighted by Gasteiger charge is -1.49. The summed E-state index contributed by atoms with van der Waals surface area (Å²) in [6.07, 6.45) is 4.63. The number of nitriles is 1. The minimum absolute atomic E-state index is 0.796. The van der Waals surface area contributed by atoms with Gasteiger partial charge in [0.05, 0.1) is 0 Å². The first-order valence-electron chi connectivity index (χ1n) is 0.921. The number of nitrogens with zero attached hydrogens (tertiary/aromatic N) is 1. The highest BCUT2D eigenvalue weighted by Gasteiger charge is 1.57. The van der Waals surface area contributed by atoms with Gasteiger partial charge in [-0.15, -0.1) is 6.42 Å². The van der Waals surface area contributed by atoms with Crippen LogP contribution >= 0.6 is 11.8 Å². The molecule has 24 valence electrons. The maximum absolute atomic E-state index is 7.64. The molecule has 0 saturated heterocycles. The van der Waals surface area contributed by atoms with E-state index in [-0.39, 0.29) is 0 Å². The first kappa shape index (κ1) is 4.40. The maximum atomic E-state index is 7.64. The van der Waals surface area contributed by atoms with Gasteiger partial charge in [0.15, 0.2) is 0 Å². The first-order valence-corrected chi connectivity index (χ1v) is 1.74. The van der Waals surface area contributed by atoms with E-state index in [4.69, 9.17) is 5.26 Å². The zero-order chi connectivity index (χ0) is 4.12. The van der Waals surface area contributed by atoms with Crippen molar-refractivity contribution in [2.75, 3.05) is 0 Å². The third-order valence-corrected chi connectivity index (χ3v) is 0.314. The highest BCUT2D eigenvalue weighted by Crippen LogP contribution is 1.85. The average Bonchev–Trinajstić information content (AvgIpc) is 1.41. The molecule has 0 unspecified atom stereocenters. The van der Waals surface area contributed by atoms with Gasteiger partial charge < -0.3 is 0 Å². The first-order chi connectivity index (χ1) is 2.41. The number of hydrogen-bond donors (Lipinski definition) is 0. The van der Waals surface area contributed by atoms with Crippen LogP contribution in [0.4, 0.5) is 0 Å². The molecule has 0 aliphatic carbocycles. The molecule has 0 aromatic rings. The van der Waals surface area contributed by atoms with Crippen LogP contribution in [0.3, 0.4) is 0 Å². The fourth-order valence-electron chi connectivity index (χ4n) is 0.0264. The number of rotatable bonds is 0. The second-order valence-corrected chi connectivity index (χ2v) is 0.934. The van der Waals surface area contributed by atoms with Gasteiger partial charge in [-0.05, 0) is 5.25 Å². The molecular formula is C3HNS. The van der Waals surface area contributed by atoms with Crippen LogP contribution < -0.4 is 0 Å². The quantitative estimate of drug-likeness (QED) is 0.319. The van der Waals surface area contributed by atoms with Crippen molar-refractivity contribution in [3.05, 3.63) is 0 Å². The summed E-state index contributed by atoms with van der Waals surface area (Å²) < 4.78 is 0. The van der Waals surface area contributed by atoms with Crippen molar-refractivity contribution in [3.63, 3.8) is 0 Å². The van der Waals surface area contributed by atoms with Crippen LogP contribution in [0.25, 0.3) is 0 Å². The van der Waals surface area contributed by atoms with E-state index < -0.39 is 0 Å². The molecule has 0 heterocycles. The molecule has 2 heteroatoms. The molecule has 0 spiro atoms. The van der Waals surface area contributed by atoms with Crippen LogP contribution in [0.5, 0.6) is 0 Å². The molecule has 5 heavy (non-hydrogen) atoms. The molecule has 0 aliphatic rings. The van der Waals surface area contributed by atoms with Crippen molar-refractivity contribution < 1.29 is 0 Å². The lowest BCUT2D eigenvalue weighted by atomic mass is 11.4. The topological polar surface area (TPSA) is 23.8 Å². The normalized spacial score (nSPS) is 4.40. The second kappa shape index (κ2) is 3.40. The Bertz CT molecular complexity index is 72.0. The van der Waals surface area contributed by atoms with Gasteiger partial charge in [0.2, 0.25) is 0 Å². The molecule has 0 fully saturated rings. The SMILES string of the molecule is C#CSC#N. The Morgan fingerprint density at radius 1 is 1.80 bits per heavy atom. The summed E-state index contributed by atoms with van der Waals surface area (Å²) >= 11 is 0.796. The molecule has 0 amide bonds. The Kier molecular flexibility index (Phi) is 2.99. The van der Waals surface area contributed by atoms with Crippen LogP contribution in [0.1, 0.15) is 0 Å². The van der Waals surface area contributed by atoms with E-state index in [1.807, 2.05) is 0 Å². The lowest BCUT2D eigenvalue weighted by molar-refractivity contribution is 1.57. The highest BCUT2D eigenvalue weighted by molar-refractivity contribution is 8.08. The molecular weight excluding hydrogens is 82.1 g/mol. The predicted octanol–water partition coefficient (Wildman–Crippen LogP) is 0.791. The zero-order valence-corrected chi connectivity index (χ0v) is 3.25. The summed E-state index contributed by atoms with van der Waals surface area (Å²) in [5, 5.41) is 11.4. The Balaban J connectivity index is 2.86. The number of thioether (sulfide) groups is 1. The third-order valence-electron chi connectivity index (χ3n) is 0.105. The van der Waals surface area contributed by atoms with E-state index in [0.29, 0.717) is 0 Å². The van der Waals surface area contributed by atoms with Gasteiger partial charge in [0.1, 0.15) is 5.40 Å². The van der Waals surface area contributed by atoms with Crippen molar-refractivity contribution in [3.8, 4) is 17.1 Å². The van der Waals surface area contributed by atoms with Gasteiger partial charge in [0, 0.05) is 11.8 Å². The third kappa shape index (κ3) is 3.40. The Labute approximate surface area is 35.0 Å². The molecule has 0 N–H and O–H groups in total. The van der Waals surface area contributed by atoms with E-state index in [1.165, 1.54) is 0 Å². The summed E-state index contributed by atoms with van der Waals surface area (Å²) in [5.41, 5.74) is 0. The van der Waals surface area contributed by atoms with Crippen molar-refractivity contribution >= 4 is 11.8 Å². The largest absolute Gasteiger partial charge is 0.184 e. The highest BCUT2D eigenvalue weighted by atomic mass is 32.2. The number of hydrogen-bond acceptors (Lipinski definition) is 2. The molecule has 0 bridgehead atoms. The minimum atomic E-state index is 0.796. The maximum Gasteiger partial charge on any atom is 0.147 e. The summed E-state index contributed by atoms with van der Waals surface area (Å²) in [6.45, 7) is 0. The van der Waals surface area contributed by atoms with Gasteiger partial charge >= 0.3 is 0 Å². The van der Waals surface area contributed by atoms with E-state index in [1.54, 1.807) is 5.40 Å². The van der Waals surface area contributed by atoms with Crippen molar-refractivity contribution in [1.29, 1.82) is 5.26 Å². The molecule has 0 aromatic heterocycles. The Hall–Kier alpha value is -0.600. The number of terminal acetylenes is 1.